The van der Waals surface area contributed by atoms with Crippen LogP contribution in [0, 0.1) is 0 Å². The van der Waals surface area contributed by atoms with Crippen molar-refractivity contribution in [2.45, 2.75) is 6.42 Å². The summed E-state index contributed by atoms with van der Waals surface area (Å²) in [5.41, 5.74) is 3.70. The number of ether oxygens (including phenoxy) is 3. The van der Waals surface area contributed by atoms with Gasteiger partial charge in [0.15, 0.2) is 17.2 Å². The summed E-state index contributed by atoms with van der Waals surface area (Å²) in [6.45, 7) is 0.492. The minimum Gasteiger partial charge on any atom is -0.493 e. The van der Waals surface area contributed by atoms with Crippen LogP contribution in [0.15, 0.2) is 30.3 Å². The molecule has 1 N–H and O–H groups in total. The van der Waals surface area contributed by atoms with Crippen molar-refractivity contribution >= 4 is 16.9 Å². The summed E-state index contributed by atoms with van der Waals surface area (Å²) in [6.07, 6.45) is 0.740. The topological polar surface area (TPSA) is 79.0 Å². The standard InChI is InChI=1S/C20H19NO6/c1-23-15-5-4-12(9-17(15)24-2)18-13-10-16-11(6-7-26-27-16)8-14(13)21-19(18)20(22)25-3/h4-5,8-10,21H,6-7H2,1-3H3. The van der Waals surface area contributed by atoms with Crippen LogP contribution in [0.25, 0.3) is 22.0 Å². The van der Waals surface area contributed by atoms with Crippen molar-refractivity contribution in [1.29, 1.82) is 0 Å². The van der Waals surface area contributed by atoms with Crippen molar-refractivity contribution in [2.24, 2.45) is 0 Å². The van der Waals surface area contributed by atoms with Gasteiger partial charge in [-0.2, -0.15) is 4.89 Å². The van der Waals surface area contributed by atoms with E-state index in [1.54, 1.807) is 20.3 Å². The van der Waals surface area contributed by atoms with Crippen molar-refractivity contribution in [1.82, 2.24) is 4.98 Å². The van der Waals surface area contributed by atoms with Gasteiger partial charge in [0.05, 0.1) is 27.9 Å². The predicted molar refractivity (Wildman–Crippen MR) is 98.5 cm³/mol. The third kappa shape index (κ3) is 2.86. The van der Waals surface area contributed by atoms with Crippen molar-refractivity contribution in [3.8, 4) is 28.4 Å². The van der Waals surface area contributed by atoms with Gasteiger partial charge < -0.3 is 24.1 Å². The minimum absolute atomic E-state index is 0.364. The van der Waals surface area contributed by atoms with E-state index >= 15 is 0 Å². The molecule has 2 aromatic carbocycles. The van der Waals surface area contributed by atoms with Gasteiger partial charge in [0.1, 0.15) is 5.69 Å². The van der Waals surface area contributed by atoms with Crippen LogP contribution in [0.4, 0.5) is 0 Å². The molecule has 0 amide bonds. The number of H-pyrrole nitrogens is 1. The van der Waals surface area contributed by atoms with Gasteiger partial charge in [-0.3, -0.25) is 0 Å². The van der Waals surface area contributed by atoms with Gasteiger partial charge in [-0.25, -0.2) is 4.79 Å². The normalized spacial score (nSPS) is 13.0. The number of aromatic amines is 1. The average molecular weight is 369 g/mol. The molecule has 0 aliphatic carbocycles. The van der Waals surface area contributed by atoms with Crippen LogP contribution < -0.4 is 14.4 Å². The van der Waals surface area contributed by atoms with Gasteiger partial charge in [-0.15, -0.1) is 0 Å². The van der Waals surface area contributed by atoms with Gasteiger partial charge >= 0.3 is 5.97 Å². The molecule has 0 saturated carbocycles. The molecule has 0 spiro atoms. The Morgan fingerprint density at radius 2 is 1.89 bits per heavy atom. The molecule has 1 aliphatic rings. The molecule has 4 rings (SSSR count). The number of carbonyl (C=O) groups excluding carboxylic acids is 1. The molecule has 0 saturated heterocycles. The summed E-state index contributed by atoms with van der Waals surface area (Å²) in [4.78, 5) is 26.0. The summed E-state index contributed by atoms with van der Waals surface area (Å²) in [5, 5.41) is 0.826. The highest BCUT2D eigenvalue weighted by Gasteiger charge is 2.23. The first-order valence-corrected chi connectivity index (χ1v) is 8.45. The summed E-state index contributed by atoms with van der Waals surface area (Å²) in [6, 6.07) is 9.34. The zero-order chi connectivity index (χ0) is 19.0. The molecule has 27 heavy (non-hydrogen) atoms. The van der Waals surface area contributed by atoms with E-state index in [1.165, 1.54) is 7.11 Å². The predicted octanol–water partition coefficient (Wildman–Crippen LogP) is 3.51. The van der Waals surface area contributed by atoms with Crippen molar-refractivity contribution < 1.29 is 28.8 Å². The number of aromatic nitrogens is 1. The van der Waals surface area contributed by atoms with Gasteiger partial charge in [0, 0.05) is 28.5 Å². The minimum atomic E-state index is -0.453. The highest BCUT2D eigenvalue weighted by molar-refractivity contribution is 6.08. The molecule has 1 aliphatic heterocycles. The summed E-state index contributed by atoms with van der Waals surface area (Å²) >= 11 is 0. The Bertz CT molecular complexity index is 1020. The molecule has 0 bridgehead atoms. The number of nitrogens with one attached hydrogen (secondary N) is 1. The first-order valence-electron chi connectivity index (χ1n) is 8.45. The van der Waals surface area contributed by atoms with Crippen molar-refractivity contribution in [2.75, 3.05) is 27.9 Å². The molecule has 7 nitrogen and oxygen atoms in total. The van der Waals surface area contributed by atoms with Gasteiger partial charge in [-0.05, 0) is 29.8 Å². The molecule has 0 unspecified atom stereocenters. The van der Waals surface area contributed by atoms with Crippen LogP contribution >= 0.6 is 0 Å². The van der Waals surface area contributed by atoms with E-state index in [0.29, 0.717) is 35.1 Å². The SMILES string of the molecule is COC(=O)c1[nH]c2cc3c(cc2c1-c1ccc(OC)c(OC)c1)OOCC3. The van der Waals surface area contributed by atoms with E-state index in [1.807, 2.05) is 24.3 Å². The molecule has 0 atom stereocenters. The Labute approximate surface area is 155 Å². The molecular weight excluding hydrogens is 350 g/mol. The number of rotatable bonds is 4. The number of esters is 1. The number of hydrogen-bond acceptors (Lipinski definition) is 6. The van der Waals surface area contributed by atoms with E-state index in [0.717, 1.165) is 28.5 Å². The smallest absolute Gasteiger partial charge is 0.355 e. The second-order valence-electron chi connectivity index (χ2n) is 6.10. The van der Waals surface area contributed by atoms with Crippen molar-refractivity contribution in [3.05, 3.63) is 41.6 Å². The monoisotopic (exact) mass is 369 g/mol. The molecule has 0 radical (unpaired) electrons. The summed E-state index contributed by atoms with van der Waals surface area (Å²) in [7, 11) is 4.50. The van der Waals surface area contributed by atoms with Gasteiger partial charge in [0.25, 0.3) is 0 Å². The van der Waals surface area contributed by atoms with Crippen LogP contribution in [0.2, 0.25) is 0 Å². The van der Waals surface area contributed by atoms with Crippen LogP contribution in [-0.2, 0) is 16.0 Å². The number of fused-ring (bicyclic) bond motifs is 2. The maximum atomic E-state index is 12.4. The van der Waals surface area contributed by atoms with E-state index in [-0.39, 0.29) is 0 Å². The maximum absolute atomic E-state index is 12.4. The molecule has 3 aromatic rings. The van der Waals surface area contributed by atoms with Crippen LogP contribution in [0.3, 0.4) is 0 Å². The number of benzene rings is 2. The zero-order valence-corrected chi connectivity index (χ0v) is 15.3. The van der Waals surface area contributed by atoms with Gasteiger partial charge in [0.2, 0.25) is 0 Å². The molecular formula is C20H19NO6. The van der Waals surface area contributed by atoms with E-state index in [2.05, 4.69) is 4.98 Å². The zero-order valence-electron chi connectivity index (χ0n) is 15.3. The van der Waals surface area contributed by atoms with E-state index < -0.39 is 5.97 Å². The fourth-order valence-corrected chi connectivity index (χ4v) is 3.34. The lowest BCUT2D eigenvalue weighted by atomic mass is 9.99. The lowest BCUT2D eigenvalue weighted by Crippen LogP contribution is -2.10. The van der Waals surface area contributed by atoms with E-state index in [9.17, 15) is 4.79 Å². The Morgan fingerprint density at radius 1 is 1.07 bits per heavy atom. The highest BCUT2D eigenvalue weighted by atomic mass is 17.2. The lowest BCUT2D eigenvalue weighted by Gasteiger charge is -2.15. The van der Waals surface area contributed by atoms with Crippen LogP contribution in [0.1, 0.15) is 16.1 Å². The first kappa shape index (κ1) is 17.2. The van der Waals surface area contributed by atoms with Crippen molar-refractivity contribution in [3.63, 3.8) is 0 Å². The fourth-order valence-electron chi connectivity index (χ4n) is 3.34. The maximum Gasteiger partial charge on any atom is 0.355 e. The second-order valence-corrected chi connectivity index (χ2v) is 6.10. The average Bonchev–Trinajstić information content (AvgIpc) is 3.09. The second kappa shape index (κ2) is 6.85. The molecule has 7 heteroatoms. The Morgan fingerprint density at radius 3 is 2.63 bits per heavy atom. The summed E-state index contributed by atoms with van der Waals surface area (Å²) < 4.78 is 15.7. The largest absolute Gasteiger partial charge is 0.493 e. The quantitative estimate of drug-likeness (QED) is 0.560. The molecule has 2 heterocycles. The third-order valence-corrected chi connectivity index (χ3v) is 4.64. The number of hydrogen-bond donors (Lipinski definition) is 1. The fraction of sp³-hybridized carbons (Fsp3) is 0.250. The lowest BCUT2D eigenvalue weighted by molar-refractivity contribution is -0.215. The molecule has 1 aromatic heterocycles. The molecule has 0 fully saturated rings. The summed E-state index contributed by atoms with van der Waals surface area (Å²) in [5.74, 6) is 1.37. The number of methoxy groups -OCH3 is 3. The van der Waals surface area contributed by atoms with Gasteiger partial charge in [-0.1, -0.05) is 6.07 Å². The Balaban J connectivity index is 1.98. The Hall–Kier alpha value is -3.19. The highest BCUT2D eigenvalue weighted by Crippen LogP contribution is 2.40. The molecule has 140 valence electrons. The Kier molecular flexibility index (Phi) is 4.37. The number of carbonyl (C=O) groups is 1. The van der Waals surface area contributed by atoms with Crippen LogP contribution in [-0.4, -0.2) is 38.9 Å². The van der Waals surface area contributed by atoms with E-state index in [4.69, 9.17) is 24.0 Å². The van der Waals surface area contributed by atoms with Crippen LogP contribution in [0.5, 0.6) is 17.2 Å². The third-order valence-electron chi connectivity index (χ3n) is 4.64. The first-order chi connectivity index (χ1) is 13.2.